The molecule has 3 fully saturated rings. The summed E-state index contributed by atoms with van der Waals surface area (Å²) in [5, 5.41) is 10.6. The molecule has 3 aliphatic heterocycles. The van der Waals surface area contributed by atoms with Crippen molar-refractivity contribution in [1.29, 1.82) is 0 Å². The van der Waals surface area contributed by atoms with Crippen LogP contribution in [-0.4, -0.2) is 83.2 Å². The van der Waals surface area contributed by atoms with Crippen molar-refractivity contribution in [2.45, 2.75) is 82.3 Å². The first-order valence-electron chi connectivity index (χ1n) is 17.4. The van der Waals surface area contributed by atoms with Crippen LogP contribution in [0, 0.1) is 17.6 Å². The molecule has 270 valence electrons. The quantitative estimate of drug-likeness (QED) is 0.184. The highest BCUT2D eigenvalue weighted by Crippen LogP contribution is 2.30. The Morgan fingerprint density at radius 3 is 2.41 bits per heavy atom. The molecule has 1 amide bonds. The second-order valence-corrected chi connectivity index (χ2v) is 13.9. The maximum Gasteiger partial charge on any atom is 0.261 e. The number of fused-ring (bicyclic) bond motifs is 1. The summed E-state index contributed by atoms with van der Waals surface area (Å²) < 4.78 is 39.1. The highest BCUT2D eigenvalue weighted by Gasteiger charge is 2.30. The molecule has 0 spiro atoms. The number of piperidine rings is 2. The Bertz CT molecular complexity index is 1550. The van der Waals surface area contributed by atoms with Crippen LogP contribution < -0.4 is 20.9 Å². The third-order valence-electron chi connectivity index (χ3n) is 9.39. The number of ether oxygens (including phenoxy) is 2. The van der Waals surface area contributed by atoms with Crippen molar-refractivity contribution in [3.8, 4) is 5.75 Å². The van der Waals surface area contributed by atoms with E-state index in [1.807, 2.05) is 26.8 Å². The van der Waals surface area contributed by atoms with E-state index in [9.17, 15) is 23.5 Å². The fraction of sp³-hybridized carbons (Fsp3) is 0.583. The molecule has 6 rings (SSSR count). The average Bonchev–Trinajstić information content (AvgIpc) is 3.13. The fourth-order valence-electron chi connectivity index (χ4n) is 6.13. The minimum absolute atomic E-state index is 0.0403. The van der Waals surface area contributed by atoms with Crippen molar-refractivity contribution >= 4 is 40.4 Å². The van der Waals surface area contributed by atoms with E-state index in [0.29, 0.717) is 53.7 Å². The number of rotatable bonds is 9. The average molecular weight is 704 g/mol. The summed E-state index contributed by atoms with van der Waals surface area (Å²) in [7, 11) is 0. The van der Waals surface area contributed by atoms with E-state index in [1.54, 1.807) is 28.8 Å². The molecule has 13 heteroatoms. The van der Waals surface area contributed by atoms with Gasteiger partial charge in [0.15, 0.2) is 0 Å². The SMILES string of the molecule is CC.CCC1(O)CCN(c2ccc(N)c(F)c2)CC1.O=CN1CCC(COc2cc(F)c3c(=O)[nH]c(CSC4CCOCC4)nc3c2)CC1. The number of carbonyl (C=O) groups excluding carboxylic acids is 1. The number of halogens is 2. The van der Waals surface area contributed by atoms with E-state index in [-0.39, 0.29) is 16.9 Å². The number of amides is 1. The van der Waals surface area contributed by atoms with Crippen LogP contribution in [0.3, 0.4) is 0 Å². The van der Waals surface area contributed by atoms with Crippen molar-refractivity contribution < 1.29 is 28.2 Å². The van der Waals surface area contributed by atoms with Crippen LogP contribution in [0.5, 0.6) is 5.75 Å². The smallest absolute Gasteiger partial charge is 0.261 e. The summed E-state index contributed by atoms with van der Waals surface area (Å²) in [6.45, 7) is 10.9. The first-order chi connectivity index (χ1) is 23.7. The van der Waals surface area contributed by atoms with E-state index in [0.717, 1.165) is 83.3 Å². The molecule has 3 aliphatic rings. The second kappa shape index (κ2) is 18.5. The normalized spacial score (nSPS) is 18.2. The fourth-order valence-corrected chi connectivity index (χ4v) is 7.18. The van der Waals surface area contributed by atoms with Crippen molar-refractivity contribution in [2.24, 2.45) is 5.92 Å². The summed E-state index contributed by atoms with van der Waals surface area (Å²) in [5.41, 5.74) is 5.78. The van der Waals surface area contributed by atoms with Crippen LogP contribution in [0.4, 0.5) is 20.2 Å². The van der Waals surface area contributed by atoms with E-state index >= 15 is 0 Å². The number of nitrogens with one attached hydrogen (secondary N) is 1. The summed E-state index contributed by atoms with van der Waals surface area (Å²) in [4.78, 5) is 34.3. The summed E-state index contributed by atoms with van der Waals surface area (Å²) in [6, 6.07) is 7.76. The van der Waals surface area contributed by atoms with E-state index in [2.05, 4.69) is 14.9 Å². The number of nitrogens with two attached hydrogens (primary N) is 1. The molecule has 0 saturated carbocycles. The summed E-state index contributed by atoms with van der Waals surface area (Å²) >= 11 is 1.74. The van der Waals surface area contributed by atoms with Gasteiger partial charge in [-0.3, -0.25) is 9.59 Å². The number of nitrogen functional groups attached to an aromatic ring is 1. The van der Waals surface area contributed by atoms with Crippen LogP contribution in [0.15, 0.2) is 35.1 Å². The summed E-state index contributed by atoms with van der Waals surface area (Å²) in [6.07, 6.45) is 6.81. The topological polar surface area (TPSA) is 134 Å². The van der Waals surface area contributed by atoms with Crippen LogP contribution in [0.25, 0.3) is 10.9 Å². The van der Waals surface area contributed by atoms with Gasteiger partial charge in [0.25, 0.3) is 5.56 Å². The van der Waals surface area contributed by atoms with Gasteiger partial charge < -0.3 is 35.1 Å². The lowest BCUT2D eigenvalue weighted by molar-refractivity contribution is -0.119. The molecule has 3 aromatic rings. The van der Waals surface area contributed by atoms with Gasteiger partial charge in [-0.15, -0.1) is 0 Å². The van der Waals surface area contributed by atoms with Crippen LogP contribution in [-0.2, 0) is 15.3 Å². The van der Waals surface area contributed by atoms with Crippen molar-refractivity contribution in [2.75, 3.05) is 56.6 Å². The molecule has 3 saturated heterocycles. The number of carbonyl (C=O) groups is 1. The minimum atomic E-state index is -0.629. The number of nitrogens with zero attached hydrogens (tertiary/aromatic N) is 3. The molecule has 2 aromatic carbocycles. The largest absolute Gasteiger partial charge is 0.493 e. The lowest BCUT2D eigenvalue weighted by atomic mass is 9.89. The van der Waals surface area contributed by atoms with Crippen LogP contribution in [0.2, 0.25) is 0 Å². The molecule has 0 bridgehead atoms. The monoisotopic (exact) mass is 703 g/mol. The molecule has 0 atom stereocenters. The van der Waals surface area contributed by atoms with Crippen LogP contribution in [0.1, 0.15) is 71.5 Å². The van der Waals surface area contributed by atoms with Crippen molar-refractivity contribution in [3.63, 3.8) is 0 Å². The number of hydrogen-bond acceptors (Lipinski definition) is 9. The minimum Gasteiger partial charge on any atom is -0.493 e. The number of anilines is 2. The van der Waals surface area contributed by atoms with Gasteiger partial charge in [-0.05, 0) is 69.1 Å². The maximum absolute atomic E-state index is 14.6. The zero-order chi connectivity index (χ0) is 35.4. The first kappa shape index (κ1) is 38.4. The molecule has 49 heavy (non-hydrogen) atoms. The molecule has 0 unspecified atom stereocenters. The standard InChI is InChI=1S/C21H26FN3O4S.C13H19FN2O.C2H6/c22-17-9-15(29-11-14-1-5-25(13-26)6-2-14)10-18-20(17)21(27)24-19(23-18)12-30-16-3-7-28-8-4-16;1-2-13(17)5-7-16(8-6-13)10-3-4-12(15)11(14)9-10;1-2/h9-10,13-14,16H,1-8,11-12H2,(H,23,24,27);3-4,9,17H,2,5-8,15H2,1H3;1-2H3. The Morgan fingerprint density at radius 2 is 1.78 bits per heavy atom. The molecule has 0 radical (unpaired) electrons. The Labute approximate surface area is 291 Å². The van der Waals surface area contributed by atoms with Crippen molar-refractivity contribution in [1.82, 2.24) is 14.9 Å². The predicted molar refractivity (Wildman–Crippen MR) is 192 cm³/mol. The van der Waals surface area contributed by atoms with Gasteiger partial charge in [0.2, 0.25) is 6.41 Å². The van der Waals surface area contributed by atoms with E-state index in [4.69, 9.17) is 15.2 Å². The Kier molecular flexibility index (Phi) is 14.5. The number of thioether (sulfide) groups is 1. The van der Waals surface area contributed by atoms with Gasteiger partial charge in [-0.2, -0.15) is 11.8 Å². The Balaban J connectivity index is 0.000000241. The van der Waals surface area contributed by atoms with Gasteiger partial charge >= 0.3 is 0 Å². The zero-order valence-corrected chi connectivity index (χ0v) is 29.7. The lowest BCUT2D eigenvalue weighted by Crippen LogP contribution is -2.44. The van der Waals surface area contributed by atoms with Gasteiger partial charge in [-0.25, -0.2) is 13.8 Å². The Hall–Kier alpha value is -3.42. The number of benzene rings is 2. The molecule has 4 N–H and O–H groups in total. The maximum atomic E-state index is 14.6. The van der Waals surface area contributed by atoms with Gasteiger partial charge in [-0.1, -0.05) is 20.8 Å². The molecular weight excluding hydrogens is 652 g/mol. The molecule has 10 nitrogen and oxygen atoms in total. The number of aliphatic hydroxyl groups is 1. The number of hydrogen-bond donors (Lipinski definition) is 3. The number of H-pyrrole nitrogens is 1. The molecular formula is C36H51F2N5O5S. The number of aromatic nitrogens is 2. The third kappa shape index (κ3) is 10.8. The predicted octanol–water partition coefficient (Wildman–Crippen LogP) is 5.90. The highest BCUT2D eigenvalue weighted by molar-refractivity contribution is 7.99. The van der Waals surface area contributed by atoms with Gasteiger partial charge in [0, 0.05) is 62.5 Å². The van der Waals surface area contributed by atoms with Gasteiger partial charge in [0.05, 0.1) is 29.2 Å². The second-order valence-electron chi connectivity index (χ2n) is 12.6. The van der Waals surface area contributed by atoms with Crippen molar-refractivity contribution in [3.05, 3.63) is 58.1 Å². The Morgan fingerprint density at radius 1 is 1.08 bits per heavy atom. The third-order valence-corrected chi connectivity index (χ3v) is 10.8. The first-order valence-corrected chi connectivity index (χ1v) is 18.5. The summed E-state index contributed by atoms with van der Waals surface area (Å²) in [5.74, 6) is 0.798. The number of likely N-dealkylation sites (tertiary alicyclic amines) is 1. The van der Waals surface area contributed by atoms with Crippen LogP contribution >= 0.6 is 11.8 Å². The molecule has 0 aliphatic carbocycles. The van der Waals surface area contributed by atoms with E-state index < -0.39 is 17.0 Å². The highest BCUT2D eigenvalue weighted by atomic mass is 32.2. The zero-order valence-electron chi connectivity index (χ0n) is 28.9. The molecule has 1 aromatic heterocycles. The lowest BCUT2D eigenvalue weighted by Gasteiger charge is -2.38. The van der Waals surface area contributed by atoms with Gasteiger partial charge in [0.1, 0.15) is 28.6 Å². The number of aromatic amines is 1. The molecule has 4 heterocycles. The van der Waals surface area contributed by atoms with E-state index in [1.165, 1.54) is 12.1 Å².